The molecule has 80 valence electrons. The van der Waals surface area contributed by atoms with E-state index in [4.69, 9.17) is 0 Å². The van der Waals surface area contributed by atoms with E-state index in [1.165, 1.54) is 0 Å². The molecule has 14 heavy (non-hydrogen) atoms. The summed E-state index contributed by atoms with van der Waals surface area (Å²) in [4.78, 5) is 13.3. The van der Waals surface area contributed by atoms with Gasteiger partial charge in [-0.2, -0.15) is 0 Å². The number of aromatic nitrogens is 2. The summed E-state index contributed by atoms with van der Waals surface area (Å²) in [5.41, 5.74) is 0.335. The van der Waals surface area contributed by atoms with Crippen molar-refractivity contribution in [3.05, 3.63) is 16.1 Å². The van der Waals surface area contributed by atoms with Gasteiger partial charge in [-0.1, -0.05) is 18.5 Å². The highest BCUT2D eigenvalue weighted by Crippen LogP contribution is 1.85. The monoisotopic (exact) mass is 200 g/mol. The normalized spacial score (nSPS) is 11.1. The molecule has 0 saturated heterocycles. The summed E-state index contributed by atoms with van der Waals surface area (Å²) in [6.07, 6.45) is 0. The van der Waals surface area contributed by atoms with Crippen LogP contribution in [0.15, 0.2) is 9.32 Å². The molecule has 0 amide bonds. The largest absolute Gasteiger partial charge is 0.429 e. The van der Waals surface area contributed by atoms with E-state index in [-0.39, 0.29) is 5.63 Å². The van der Waals surface area contributed by atoms with Crippen LogP contribution in [-0.2, 0) is 6.54 Å². The van der Waals surface area contributed by atoms with Crippen molar-refractivity contribution in [3.63, 3.8) is 0 Å². The van der Waals surface area contributed by atoms with Crippen LogP contribution in [0, 0.1) is 6.92 Å². The first-order valence-electron chi connectivity index (χ1n) is 4.99. The SMILES string of the molecule is CCN(CC)CC[n+]1[nH]oc(=O)c1C. The van der Waals surface area contributed by atoms with Gasteiger partial charge in [0.2, 0.25) is 0 Å². The molecule has 0 radical (unpaired) electrons. The van der Waals surface area contributed by atoms with Crippen molar-refractivity contribution in [1.82, 2.24) is 10.2 Å². The van der Waals surface area contributed by atoms with Crippen molar-refractivity contribution in [1.29, 1.82) is 0 Å². The highest BCUT2D eigenvalue weighted by molar-refractivity contribution is 4.75. The van der Waals surface area contributed by atoms with Crippen LogP contribution in [0.4, 0.5) is 0 Å². The highest BCUT2D eigenvalue weighted by Gasteiger charge is 2.15. The molecule has 0 aliphatic heterocycles. The van der Waals surface area contributed by atoms with Gasteiger partial charge in [0.05, 0.1) is 6.54 Å². The van der Waals surface area contributed by atoms with E-state index in [0.29, 0.717) is 5.69 Å². The molecule has 1 N–H and O–H groups in total. The fourth-order valence-corrected chi connectivity index (χ4v) is 1.34. The standard InChI is InChI=1S/C9H17N3O2/c1-4-11(5-2)6-7-12-8(3)9(13)14-10-12/h4-7H2,1-3H3/p+1. The Kier molecular flexibility index (Phi) is 3.88. The summed E-state index contributed by atoms with van der Waals surface area (Å²) in [6.45, 7) is 9.74. The first kappa shape index (κ1) is 11.0. The lowest BCUT2D eigenvalue weighted by Crippen LogP contribution is -2.44. The second-order valence-corrected chi connectivity index (χ2v) is 3.24. The third kappa shape index (κ3) is 2.45. The Morgan fingerprint density at radius 1 is 1.43 bits per heavy atom. The fourth-order valence-electron chi connectivity index (χ4n) is 1.34. The van der Waals surface area contributed by atoms with Crippen LogP contribution in [0.5, 0.6) is 0 Å². The van der Waals surface area contributed by atoms with Crippen LogP contribution in [0.2, 0.25) is 0 Å². The Bertz CT molecular complexity index is 325. The third-order valence-electron chi connectivity index (χ3n) is 2.48. The number of aromatic amines is 1. The number of hydrogen-bond donors (Lipinski definition) is 1. The van der Waals surface area contributed by atoms with Crippen LogP contribution < -0.4 is 10.3 Å². The lowest BCUT2D eigenvalue weighted by molar-refractivity contribution is -0.766. The van der Waals surface area contributed by atoms with E-state index in [9.17, 15) is 4.79 Å². The highest BCUT2D eigenvalue weighted by atomic mass is 16.5. The zero-order chi connectivity index (χ0) is 10.6. The van der Waals surface area contributed by atoms with Gasteiger partial charge in [0, 0.05) is 6.92 Å². The first-order valence-corrected chi connectivity index (χ1v) is 4.99. The second-order valence-electron chi connectivity index (χ2n) is 3.24. The minimum atomic E-state index is -0.287. The van der Waals surface area contributed by atoms with Gasteiger partial charge in [-0.3, -0.25) is 9.42 Å². The number of nitrogens with zero attached hydrogens (tertiary/aromatic N) is 2. The van der Waals surface area contributed by atoms with Gasteiger partial charge < -0.3 is 0 Å². The summed E-state index contributed by atoms with van der Waals surface area (Å²) in [6, 6.07) is 0. The van der Waals surface area contributed by atoms with Crippen molar-refractivity contribution in [2.24, 2.45) is 0 Å². The maximum absolute atomic E-state index is 11.0. The molecule has 0 fully saturated rings. The number of likely N-dealkylation sites (N-methyl/N-ethyl adjacent to an activating group) is 1. The summed E-state index contributed by atoms with van der Waals surface area (Å²) < 4.78 is 6.40. The zero-order valence-electron chi connectivity index (χ0n) is 9.04. The summed E-state index contributed by atoms with van der Waals surface area (Å²) in [5.74, 6) is 0. The van der Waals surface area contributed by atoms with Crippen molar-refractivity contribution < 1.29 is 9.20 Å². The molecule has 0 aliphatic rings. The third-order valence-corrected chi connectivity index (χ3v) is 2.48. The van der Waals surface area contributed by atoms with E-state index in [1.54, 1.807) is 11.6 Å². The molecular formula is C9H18N3O2+. The smallest absolute Gasteiger partial charge is 0.298 e. The molecule has 0 bridgehead atoms. The van der Waals surface area contributed by atoms with Gasteiger partial charge in [-0.15, -0.1) is 0 Å². The zero-order valence-corrected chi connectivity index (χ0v) is 9.04. The molecule has 0 aromatic carbocycles. The van der Waals surface area contributed by atoms with E-state index in [1.807, 2.05) is 0 Å². The van der Waals surface area contributed by atoms with Gasteiger partial charge in [0.1, 0.15) is 0 Å². The lowest BCUT2D eigenvalue weighted by Gasteiger charge is -2.14. The molecule has 1 rings (SSSR count). The van der Waals surface area contributed by atoms with Gasteiger partial charge in [0.15, 0.2) is 6.54 Å². The molecule has 1 aromatic rings. The van der Waals surface area contributed by atoms with Gasteiger partial charge in [-0.25, -0.2) is 4.79 Å². The quantitative estimate of drug-likeness (QED) is 0.676. The molecule has 0 spiro atoms. The van der Waals surface area contributed by atoms with Crippen molar-refractivity contribution >= 4 is 0 Å². The molecule has 1 heterocycles. The molecule has 0 saturated carbocycles. The lowest BCUT2D eigenvalue weighted by atomic mass is 10.4. The number of rotatable bonds is 5. The minimum absolute atomic E-state index is 0.287. The first-order chi connectivity index (χ1) is 6.69. The molecule has 5 heteroatoms. The number of nitrogens with one attached hydrogen (secondary N) is 1. The predicted molar refractivity (Wildman–Crippen MR) is 52.0 cm³/mol. The maximum atomic E-state index is 11.0. The Morgan fingerprint density at radius 3 is 2.50 bits per heavy atom. The van der Waals surface area contributed by atoms with E-state index < -0.39 is 0 Å². The molecule has 1 aromatic heterocycles. The van der Waals surface area contributed by atoms with Crippen LogP contribution in [-0.4, -0.2) is 29.8 Å². The van der Waals surface area contributed by atoms with Gasteiger partial charge >= 0.3 is 5.63 Å². The van der Waals surface area contributed by atoms with Gasteiger partial charge in [-0.05, 0) is 18.4 Å². The van der Waals surface area contributed by atoms with E-state index in [0.717, 1.165) is 26.2 Å². The van der Waals surface area contributed by atoms with Crippen LogP contribution in [0.25, 0.3) is 0 Å². The van der Waals surface area contributed by atoms with Crippen molar-refractivity contribution in [2.45, 2.75) is 27.3 Å². The average Bonchev–Trinajstić information content (AvgIpc) is 2.51. The van der Waals surface area contributed by atoms with Crippen molar-refractivity contribution in [3.8, 4) is 0 Å². The summed E-state index contributed by atoms with van der Waals surface area (Å²) >= 11 is 0. The number of hydrogen-bond acceptors (Lipinski definition) is 3. The average molecular weight is 200 g/mol. The van der Waals surface area contributed by atoms with Crippen LogP contribution in [0.3, 0.4) is 0 Å². The maximum Gasteiger partial charge on any atom is 0.429 e. The predicted octanol–water partition coefficient (Wildman–Crippen LogP) is -0.0944. The topological polar surface area (TPSA) is 53.1 Å². The Labute approximate surface area is 83.3 Å². The Morgan fingerprint density at radius 2 is 2.07 bits per heavy atom. The molecule has 5 nitrogen and oxygen atoms in total. The Hall–Kier alpha value is -1.10. The van der Waals surface area contributed by atoms with Gasteiger partial charge in [0.25, 0.3) is 5.69 Å². The number of H-pyrrole nitrogens is 1. The molecule has 0 atom stereocenters. The molecule has 0 unspecified atom stereocenters. The van der Waals surface area contributed by atoms with Crippen molar-refractivity contribution in [2.75, 3.05) is 19.6 Å². The molecular weight excluding hydrogens is 182 g/mol. The minimum Gasteiger partial charge on any atom is -0.298 e. The Balaban J connectivity index is 2.53. The van der Waals surface area contributed by atoms with E-state index in [2.05, 4.69) is 28.5 Å². The molecule has 0 aliphatic carbocycles. The fraction of sp³-hybridized carbons (Fsp3) is 0.778. The van der Waals surface area contributed by atoms with Crippen LogP contribution in [0.1, 0.15) is 19.5 Å². The summed E-state index contributed by atoms with van der Waals surface area (Å²) in [5, 5.41) is 2.58. The van der Waals surface area contributed by atoms with E-state index >= 15 is 0 Å². The van der Waals surface area contributed by atoms with Crippen LogP contribution >= 0.6 is 0 Å². The second kappa shape index (κ2) is 4.95. The summed E-state index contributed by atoms with van der Waals surface area (Å²) in [7, 11) is 0.